The van der Waals surface area contributed by atoms with Gasteiger partial charge in [0.1, 0.15) is 5.84 Å². The first-order valence-electron chi connectivity index (χ1n) is 4.49. The molecule has 0 unspecified atom stereocenters. The summed E-state index contributed by atoms with van der Waals surface area (Å²) in [6.07, 6.45) is 0.798. The van der Waals surface area contributed by atoms with E-state index in [1.165, 1.54) is 4.90 Å². The highest BCUT2D eigenvalue weighted by molar-refractivity contribution is 7.99. The number of para-hydroxylation sites is 1. The lowest BCUT2D eigenvalue weighted by atomic mass is 10.3. The first kappa shape index (κ1) is 9.40. The Morgan fingerprint density at radius 1 is 1.43 bits per heavy atom. The monoisotopic (exact) mass is 208 g/mol. The van der Waals surface area contributed by atoms with Gasteiger partial charge in [0, 0.05) is 24.1 Å². The molecule has 0 amide bonds. The van der Waals surface area contributed by atoms with Gasteiger partial charge in [0.05, 0.1) is 5.69 Å². The van der Waals surface area contributed by atoms with Gasteiger partial charge in [0.25, 0.3) is 0 Å². The number of anilines is 1. The quantitative estimate of drug-likeness (QED) is 0.525. The topological polar surface area (TPSA) is 35.8 Å². The molecule has 0 aromatic heterocycles. The van der Waals surface area contributed by atoms with E-state index in [2.05, 4.69) is 11.2 Å². The largest absolute Gasteiger partial charge is 0.409 e. The Hall–Kier alpha value is -1.16. The Morgan fingerprint density at radius 2 is 2.21 bits per heavy atom. The van der Waals surface area contributed by atoms with E-state index in [9.17, 15) is 0 Å². The second-order valence-electron chi connectivity index (χ2n) is 3.14. The molecular weight excluding hydrogens is 196 g/mol. The fourth-order valence-corrected chi connectivity index (χ4v) is 2.56. The lowest BCUT2D eigenvalue weighted by Crippen LogP contribution is -2.25. The first-order chi connectivity index (χ1) is 6.83. The van der Waals surface area contributed by atoms with Crippen LogP contribution in [-0.4, -0.2) is 23.8 Å². The zero-order chi connectivity index (χ0) is 9.97. The minimum Gasteiger partial charge on any atom is -0.409 e. The molecule has 2 rings (SSSR count). The van der Waals surface area contributed by atoms with E-state index < -0.39 is 0 Å². The van der Waals surface area contributed by atoms with E-state index >= 15 is 0 Å². The van der Waals surface area contributed by atoms with Gasteiger partial charge in [-0.05, 0) is 12.1 Å². The molecule has 0 bridgehead atoms. The summed E-state index contributed by atoms with van der Waals surface area (Å²) in [5.41, 5.74) is 1.11. The molecule has 0 saturated heterocycles. The summed E-state index contributed by atoms with van der Waals surface area (Å²) in [7, 11) is 1.93. The van der Waals surface area contributed by atoms with Crippen LogP contribution in [0.1, 0.15) is 6.42 Å². The average Bonchev–Trinajstić information content (AvgIpc) is 2.39. The Labute approximate surface area is 87.4 Å². The maximum atomic E-state index is 8.85. The number of nitrogens with zero attached hydrogens (tertiary/aromatic N) is 2. The smallest absolute Gasteiger partial charge is 0.149 e. The first-order valence-corrected chi connectivity index (χ1v) is 5.48. The minimum atomic E-state index is 0.724. The van der Waals surface area contributed by atoms with Gasteiger partial charge in [-0.25, -0.2) is 0 Å². The molecule has 1 N–H and O–H groups in total. The lowest BCUT2D eigenvalue weighted by Gasteiger charge is -2.18. The second-order valence-corrected chi connectivity index (χ2v) is 4.28. The van der Waals surface area contributed by atoms with Crippen molar-refractivity contribution in [2.45, 2.75) is 11.3 Å². The van der Waals surface area contributed by atoms with E-state index in [0.29, 0.717) is 0 Å². The fraction of sp³-hybridized carbons (Fsp3) is 0.300. The molecule has 0 spiro atoms. The normalized spacial score (nSPS) is 19.2. The van der Waals surface area contributed by atoms with Gasteiger partial charge in [-0.3, -0.25) is 0 Å². The zero-order valence-electron chi connectivity index (χ0n) is 7.97. The van der Waals surface area contributed by atoms with Crippen LogP contribution in [0.3, 0.4) is 0 Å². The summed E-state index contributed by atoms with van der Waals surface area (Å²) >= 11 is 1.80. The highest BCUT2D eigenvalue weighted by Crippen LogP contribution is 2.33. The third-order valence-corrected chi connectivity index (χ3v) is 3.38. The second kappa shape index (κ2) is 3.92. The van der Waals surface area contributed by atoms with Gasteiger partial charge in [-0.15, -0.1) is 11.8 Å². The predicted octanol–water partition coefficient (Wildman–Crippen LogP) is 2.41. The summed E-state index contributed by atoms with van der Waals surface area (Å²) in [5, 5.41) is 12.2. The fourth-order valence-electron chi connectivity index (χ4n) is 1.53. The van der Waals surface area contributed by atoms with Crippen LogP contribution in [0.4, 0.5) is 5.69 Å². The molecule has 0 aliphatic carbocycles. The highest BCUT2D eigenvalue weighted by Gasteiger charge is 2.17. The van der Waals surface area contributed by atoms with Crippen LogP contribution in [0.25, 0.3) is 0 Å². The third-order valence-electron chi connectivity index (χ3n) is 2.31. The average molecular weight is 208 g/mol. The highest BCUT2D eigenvalue weighted by atomic mass is 32.2. The molecule has 0 atom stereocenters. The van der Waals surface area contributed by atoms with Crippen LogP contribution in [0.5, 0.6) is 0 Å². The van der Waals surface area contributed by atoms with Crippen molar-refractivity contribution in [2.24, 2.45) is 5.16 Å². The SMILES string of the molecule is CN1/C(=N/O)CCSc2ccccc21. The van der Waals surface area contributed by atoms with Crippen molar-refractivity contribution in [3.05, 3.63) is 24.3 Å². The van der Waals surface area contributed by atoms with Crippen LogP contribution in [0.2, 0.25) is 0 Å². The van der Waals surface area contributed by atoms with Crippen molar-refractivity contribution < 1.29 is 5.21 Å². The number of rotatable bonds is 0. The van der Waals surface area contributed by atoms with Gasteiger partial charge in [-0.1, -0.05) is 17.3 Å². The Bertz CT molecular complexity index is 365. The number of hydrogen-bond donors (Lipinski definition) is 1. The van der Waals surface area contributed by atoms with Crippen LogP contribution in [0.15, 0.2) is 34.3 Å². The molecule has 0 saturated carbocycles. The summed E-state index contributed by atoms with van der Waals surface area (Å²) in [6.45, 7) is 0. The minimum absolute atomic E-state index is 0.724. The van der Waals surface area contributed by atoms with Gasteiger partial charge < -0.3 is 10.1 Å². The summed E-state index contributed by atoms with van der Waals surface area (Å²) in [4.78, 5) is 3.18. The number of fused-ring (bicyclic) bond motifs is 1. The molecule has 3 nitrogen and oxygen atoms in total. The standard InChI is InChI=1S/C10H12N2OS/c1-12-8-4-2-3-5-9(8)14-7-6-10(12)11-13/h2-5,13H,6-7H2,1H3/b11-10+. The maximum absolute atomic E-state index is 8.85. The van der Waals surface area contributed by atoms with Crippen molar-refractivity contribution in [3.8, 4) is 0 Å². The molecule has 4 heteroatoms. The number of benzene rings is 1. The zero-order valence-corrected chi connectivity index (χ0v) is 8.79. The van der Waals surface area contributed by atoms with Gasteiger partial charge in [0.2, 0.25) is 0 Å². The number of amidine groups is 1. The molecular formula is C10H12N2OS. The van der Waals surface area contributed by atoms with Crippen molar-refractivity contribution >= 4 is 23.3 Å². The van der Waals surface area contributed by atoms with Gasteiger partial charge in [-0.2, -0.15) is 0 Å². The number of hydrogen-bond acceptors (Lipinski definition) is 3. The Balaban J connectivity index is 2.45. The third kappa shape index (κ3) is 1.57. The van der Waals surface area contributed by atoms with Crippen LogP contribution >= 0.6 is 11.8 Å². The molecule has 1 aliphatic heterocycles. The van der Waals surface area contributed by atoms with E-state index in [-0.39, 0.29) is 0 Å². The summed E-state index contributed by atoms with van der Waals surface area (Å²) < 4.78 is 0. The van der Waals surface area contributed by atoms with Gasteiger partial charge >= 0.3 is 0 Å². The molecule has 1 heterocycles. The number of oxime groups is 1. The summed E-state index contributed by atoms with van der Waals surface area (Å²) in [6, 6.07) is 8.16. The lowest BCUT2D eigenvalue weighted by molar-refractivity contribution is 0.317. The molecule has 1 aromatic rings. The van der Waals surface area contributed by atoms with Gasteiger partial charge in [0.15, 0.2) is 0 Å². The molecule has 1 aliphatic rings. The molecule has 0 radical (unpaired) electrons. The van der Waals surface area contributed by atoms with Crippen LogP contribution < -0.4 is 4.90 Å². The van der Waals surface area contributed by atoms with E-state index in [1.807, 2.05) is 30.1 Å². The van der Waals surface area contributed by atoms with Crippen LogP contribution in [-0.2, 0) is 0 Å². The summed E-state index contributed by atoms with van der Waals surface area (Å²) in [5.74, 6) is 1.68. The van der Waals surface area contributed by atoms with E-state index in [1.54, 1.807) is 11.8 Å². The molecule has 14 heavy (non-hydrogen) atoms. The maximum Gasteiger partial charge on any atom is 0.149 e. The Kier molecular flexibility index (Phi) is 2.63. The van der Waals surface area contributed by atoms with Crippen molar-refractivity contribution in [1.82, 2.24) is 0 Å². The van der Waals surface area contributed by atoms with Crippen molar-refractivity contribution in [2.75, 3.05) is 17.7 Å². The predicted molar refractivity (Wildman–Crippen MR) is 59.4 cm³/mol. The van der Waals surface area contributed by atoms with Crippen LogP contribution in [0, 0.1) is 0 Å². The Morgan fingerprint density at radius 3 is 3.00 bits per heavy atom. The van der Waals surface area contributed by atoms with E-state index in [0.717, 1.165) is 23.7 Å². The molecule has 1 aromatic carbocycles. The molecule has 74 valence electrons. The number of thioether (sulfide) groups is 1. The molecule has 0 fully saturated rings. The van der Waals surface area contributed by atoms with Crippen molar-refractivity contribution in [3.63, 3.8) is 0 Å². The van der Waals surface area contributed by atoms with E-state index in [4.69, 9.17) is 5.21 Å². The van der Waals surface area contributed by atoms with Crippen molar-refractivity contribution in [1.29, 1.82) is 0 Å².